The molecule has 142 valence electrons. The molecule has 0 fully saturated rings. The largest absolute Gasteiger partial charge is 0.473 e. The quantitative estimate of drug-likeness (QED) is 0.418. The Kier molecular flexibility index (Phi) is 4.06. The molecule has 29 heavy (non-hydrogen) atoms. The number of ether oxygens (including phenoxy) is 1. The first-order chi connectivity index (χ1) is 14.1. The van der Waals surface area contributed by atoms with E-state index in [0.29, 0.717) is 5.56 Å². The van der Waals surface area contributed by atoms with Crippen molar-refractivity contribution in [2.45, 2.75) is 13.8 Å². The van der Waals surface area contributed by atoms with E-state index in [1.165, 1.54) is 5.56 Å². The minimum Gasteiger partial charge on any atom is -0.473 e. The molecule has 0 saturated carbocycles. The Hall–Kier alpha value is -3.66. The van der Waals surface area contributed by atoms with Crippen LogP contribution in [0.5, 0.6) is 5.75 Å². The summed E-state index contributed by atoms with van der Waals surface area (Å²) < 4.78 is 5.81. The average molecular weight is 380 g/mol. The molecular weight excluding hydrogens is 360 g/mol. The summed E-state index contributed by atoms with van der Waals surface area (Å²) in [7, 11) is 0. The van der Waals surface area contributed by atoms with Crippen LogP contribution in [-0.4, -0.2) is 17.5 Å². The molecule has 4 aromatic rings. The number of aryl methyl sites for hydroxylation is 2. The van der Waals surface area contributed by atoms with E-state index in [1.807, 2.05) is 74.5 Å². The Labute approximate surface area is 169 Å². The Morgan fingerprint density at radius 2 is 1.66 bits per heavy atom. The first kappa shape index (κ1) is 17.4. The first-order valence-electron chi connectivity index (χ1n) is 9.63. The van der Waals surface area contributed by atoms with Crippen LogP contribution in [0.25, 0.3) is 22.0 Å². The summed E-state index contributed by atoms with van der Waals surface area (Å²) in [6, 6.07) is 21.6. The van der Waals surface area contributed by atoms with Gasteiger partial charge in [0.05, 0.1) is 11.1 Å². The van der Waals surface area contributed by atoms with E-state index >= 15 is 0 Å². The lowest BCUT2D eigenvalue weighted by Gasteiger charge is -2.23. The van der Waals surface area contributed by atoms with Gasteiger partial charge in [-0.05, 0) is 55.3 Å². The molecule has 1 heterocycles. The highest BCUT2D eigenvalue weighted by atomic mass is 16.5. The van der Waals surface area contributed by atoms with Crippen LogP contribution in [-0.2, 0) is 0 Å². The molecule has 0 unspecified atom stereocenters. The van der Waals surface area contributed by atoms with Crippen LogP contribution in [0.3, 0.4) is 0 Å². The number of pyridine rings is 1. The normalized spacial score (nSPS) is 12.0. The predicted octanol–water partition coefficient (Wildman–Crippen LogP) is 5.51. The number of benzene rings is 3. The van der Waals surface area contributed by atoms with Crippen LogP contribution in [0, 0.1) is 13.8 Å². The van der Waals surface area contributed by atoms with Crippen LogP contribution in [0.2, 0.25) is 0 Å². The molecular formula is C25H20N2O2. The topological polar surface area (TPSA) is 51.2 Å². The molecule has 1 aromatic heterocycles. The van der Waals surface area contributed by atoms with Crippen molar-refractivity contribution in [2.75, 3.05) is 12.0 Å². The van der Waals surface area contributed by atoms with Gasteiger partial charge in [-0.15, -0.1) is 0 Å². The SMILES string of the molecule is Cc1ccc(OCNc2ccc3nc(C)cc4c3c2C(=O)c2ccccc2-4)cc1. The van der Waals surface area contributed by atoms with Gasteiger partial charge in [0.2, 0.25) is 0 Å². The lowest BCUT2D eigenvalue weighted by atomic mass is 9.83. The third-order valence-corrected chi connectivity index (χ3v) is 5.31. The standard InChI is InChI=1S/C25H20N2O2/c1-15-7-9-17(10-8-15)29-14-26-21-11-12-22-23-20(13-16(2)27-22)18-5-3-4-6-19(18)25(28)24(21)23/h3-13,26H,14H2,1-2H3. The van der Waals surface area contributed by atoms with Crippen LogP contribution in [0.15, 0.2) is 66.7 Å². The molecule has 4 heteroatoms. The number of carbonyl (C=O) groups excluding carboxylic acids is 1. The number of aromatic nitrogens is 1. The van der Waals surface area contributed by atoms with Gasteiger partial charge in [0.1, 0.15) is 5.75 Å². The summed E-state index contributed by atoms with van der Waals surface area (Å²) in [6.07, 6.45) is 0. The molecule has 1 N–H and O–H groups in total. The molecule has 0 radical (unpaired) electrons. The molecule has 0 bridgehead atoms. The number of rotatable bonds is 4. The van der Waals surface area contributed by atoms with E-state index in [-0.39, 0.29) is 12.5 Å². The van der Waals surface area contributed by atoms with Crippen molar-refractivity contribution in [3.05, 3.63) is 89.1 Å². The Bertz CT molecular complexity index is 1260. The highest BCUT2D eigenvalue weighted by molar-refractivity contribution is 6.28. The van der Waals surface area contributed by atoms with Crippen molar-refractivity contribution in [3.8, 4) is 16.9 Å². The van der Waals surface area contributed by atoms with Crippen LogP contribution < -0.4 is 10.1 Å². The van der Waals surface area contributed by atoms with Gasteiger partial charge in [-0.1, -0.05) is 42.0 Å². The molecule has 0 atom stereocenters. The van der Waals surface area contributed by atoms with Gasteiger partial charge in [-0.2, -0.15) is 0 Å². The van der Waals surface area contributed by atoms with Crippen molar-refractivity contribution in [2.24, 2.45) is 0 Å². The number of ketones is 1. The van der Waals surface area contributed by atoms with Gasteiger partial charge >= 0.3 is 0 Å². The van der Waals surface area contributed by atoms with Crippen molar-refractivity contribution >= 4 is 22.4 Å². The molecule has 1 aliphatic carbocycles. The van der Waals surface area contributed by atoms with Crippen molar-refractivity contribution in [1.29, 1.82) is 0 Å². The maximum Gasteiger partial charge on any atom is 0.196 e. The zero-order valence-corrected chi connectivity index (χ0v) is 16.3. The van der Waals surface area contributed by atoms with Gasteiger partial charge in [0.25, 0.3) is 0 Å². The minimum atomic E-state index is 0.0159. The molecule has 1 aliphatic rings. The number of nitrogens with zero attached hydrogens (tertiary/aromatic N) is 1. The molecule has 5 rings (SSSR count). The monoisotopic (exact) mass is 380 g/mol. The fourth-order valence-corrected chi connectivity index (χ4v) is 3.94. The molecule has 0 amide bonds. The summed E-state index contributed by atoms with van der Waals surface area (Å²) in [5.74, 6) is 0.800. The van der Waals surface area contributed by atoms with Gasteiger partial charge < -0.3 is 10.1 Å². The maximum absolute atomic E-state index is 13.4. The van der Waals surface area contributed by atoms with Gasteiger partial charge in [-0.3, -0.25) is 9.78 Å². The highest BCUT2D eigenvalue weighted by Crippen LogP contribution is 2.41. The number of anilines is 1. The van der Waals surface area contributed by atoms with Crippen LogP contribution in [0.1, 0.15) is 27.2 Å². The van der Waals surface area contributed by atoms with Crippen molar-refractivity contribution in [3.63, 3.8) is 0 Å². The summed E-state index contributed by atoms with van der Waals surface area (Å²) in [6.45, 7) is 4.29. The number of hydrogen-bond acceptors (Lipinski definition) is 4. The molecule has 4 nitrogen and oxygen atoms in total. The van der Waals surface area contributed by atoms with E-state index in [1.54, 1.807) is 0 Å². The first-order valence-corrected chi connectivity index (χ1v) is 9.63. The molecule has 0 spiro atoms. The van der Waals surface area contributed by atoms with E-state index in [0.717, 1.165) is 44.7 Å². The minimum absolute atomic E-state index is 0.0159. The van der Waals surface area contributed by atoms with Crippen LogP contribution in [0.4, 0.5) is 5.69 Å². The summed E-state index contributed by atoms with van der Waals surface area (Å²) in [5.41, 5.74) is 7.12. The number of fused-ring (bicyclic) bond motifs is 2. The highest BCUT2D eigenvalue weighted by Gasteiger charge is 2.28. The Morgan fingerprint density at radius 1 is 0.897 bits per heavy atom. The summed E-state index contributed by atoms with van der Waals surface area (Å²) in [5, 5.41) is 4.19. The van der Waals surface area contributed by atoms with Crippen molar-refractivity contribution < 1.29 is 9.53 Å². The number of nitrogens with one attached hydrogen (secondary N) is 1. The Balaban J connectivity index is 1.57. The summed E-state index contributed by atoms with van der Waals surface area (Å²) in [4.78, 5) is 18.0. The fraction of sp³-hybridized carbons (Fsp3) is 0.120. The van der Waals surface area contributed by atoms with E-state index in [2.05, 4.69) is 16.4 Å². The average Bonchev–Trinajstić information content (AvgIpc) is 2.73. The molecule has 3 aromatic carbocycles. The van der Waals surface area contributed by atoms with Crippen molar-refractivity contribution in [1.82, 2.24) is 4.98 Å². The van der Waals surface area contributed by atoms with E-state index in [9.17, 15) is 4.79 Å². The second kappa shape index (κ2) is 6.74. The third-order valence-electron chi connectivity index (χ3n) is 5.31. The van der Waals surface area contributed by atoms with E-state index in [4.69, 9.17) is 4.74 Å². The summed E-state index contributed by atoms with van der Waals surface area (Å²) >= 11 is 0. The maximum atomic E-state index is 13.4. The Morgan fingerprint density at radius 3 is 2.45 bits per heavy atom. The third kappa shape index (κ3) is 2.93. The van der Waals surface area contributed by atoms with Gasteiger partial charge in [-0.25, -0.2) is 0 Å². The van der Waals surface area contributed by atoms with Crippen LogP contribution >= 0.6 is 0 Å². The fourth-order valence-electron chi connectivity index (χ4n) is 3.94. The molecule has 0 aliphatic heterocycles. The van der Waals surface area contributed by atoms with E-state index < -0.39 is 0 Å². The van der Waals surface area contributed by atoms with Gasteiger partial charge in [0, 0.05) is 22.3 Å². The van der Waals surface area contributed by atoms with Gasteiger partial charge in [0.15, 0.2) is 12.5 Å². The number of carbonyl (C=O) groups is 1. The zero-order valence-electron chi connectivity index (χ0n) is 16.3. The number of hydrogen-bond donors (Lipinski definition) is 1. The predicted molar refractivity (Wildman–Crippen MR) is 116 cm³/mol. The zero-order chi connectivity index (χ0) is 20.0. The smallest absolute Gasteiger partial charge is 0.196 e. The molecule has 0 saturated heterocycles. The lowest BCUT2D eigenvalue weighted by molar-refractivity contribution is 0.104. The second-order valence-corrected chi connectivity index (χ2v) is 7.35. The second-order valence-electron chi connectivity index (χ2n) is 7.35. The lowest BCUT2D eigenvalue weighted by Crippen LogP contribution is -2.16.